The van der Waals surface area contributed by atoms with E-state index in [4.69, 9.17) is 5.73 Å². The van der Waals surface area contributed by atoms with Crippen molar-refractivity contribution in [3.63, 3.8) is 0 Å². The van der Waals surface area contributed by atoms with Gasteiger partial charge >= 0.3 is 6.03 Å². The number of carbonyl (C=O) groups excluding carboxylic acids is 2. The fourth-order valence-corrected chi connectivity index (χ4v) is 2.49. The van der Waals surface area contributed by atoms with Crippen LogP contribution < -0.4 is 16.4 Å². The summed E-state index contributed by atoms with van der Waals surface area (Å²) in [5.41, 5.74) is 5.79. The van der Waals surface area contributed by atoms with E-state index in [0.717, 1.165) is 13.0 Å². The van der Waals surface area contributed by atoms with E-state index in [9.17, 15) is 9.59 Å². The molecule has 0 aromatic heterocycles. The molecule has 4 N–H and O–H groups in total. The van der Waals surface area contributed by atoms with Crippen molar-refractivity contribution >= 4 is 24.3 Å². The molecule has 2 atom stereocenters. The molecule has 1 aliphatic rings. The molecule has 2 unspecified atom stereocenters. The number of nitrogens with zero attached hydrogens (tertiary/aromatic N) is 1. The molecule has 0 spiro atoms. The molecule has 1 rings (SSSR count). The molecule has 7 heteroatoms. The van der Waals surface area contributed by atoms with E-state index in [1.807, 2.05) is 0 Å². The van der Waals surface area contributed by atoms with Gasteiger partial charge in [0.2, 0.25) is 5.91 Å². The second kappa shape index (κ2) is 9.12. The summed E-state index contributed by atoms with van der Waals surface area (Å²) < 4.78 is 0. The summed E-state index contributed by atoms with van der Waals surface area (Å²) in [6.07, 6.45) is 2.67. The molecule has 6 nitrogen and oxygen atoms in total. The van der Waals surface area contributed by atoms with Gasteiger partial charge in [0.15, 0.2) is 0 Å². The summed E-state index contributed by atoms with van der Waals surface area (Å²) in [5.74, 6) is 0.328. The smallest absolute Gasteiger partial charge is 0.321 e. The van der Waals surface area contributed by atoms with Gasteiger partial charge in [0, 0.05) is 32.6 Å². The Labute approximate surface area is 120 Å². The lowest BCUT2D eigenvalue weighted by molar-refractivity contribution is -0.120. The molecule has 0 saturated carbocycles. The number of amides is 3. The van der Waals surface area contributed by atoms with Crippen LogP contribution in [0.3, 0.4) is 0 Å². The number of piperidine rings is 1. The van der Waals surface area contributed by atoms with Crippen LogP contribution in [0, 0.1) is 5.92 Å². The van der Waals surface area contributed by atoms with Gasteiger partial charge in [0.05, 0.1) is 0 Å². The maximum absolute atomic E-state index is 11.5. The van der Waals surface area contributed by atoms with E-state index >= 15 is 0 Å². The average Bonchev–Trinajstić information content (AvgIpc) is 2.36. The fourth-order valence-electron chi connectivity index (χ4n) is 2.49. The lowest BCUT2D eigenvalue weighted by Crippen LogP contribution is -2.49. The maximum Gasteiger partial charge on any atom is 0.321 e. The minimum Gasteiger partial charge on any atom is -0.341 e. The van der Waals surface area contributed by atoms with Crippen molar-refractivity contribution in [1.82, 2.24) is 15.5 Å². The highest BCUT2D eigenvalue weighted by molar-refractivity contribution is 5.94. The predicted octanol–water partition coefficient (Wildman–Crippen LogP) is 0.313. The van der Waals surface area contributed by atoms with Crippen LogP contribution in [-0.2, 0) is 4.79 Å². The normalized spacial score (nSPS) is 23.3. The van der Waals surface area contributed by atoms with E-state index < -0.39 is 6.03 Å². The van der Waals surface area contributed by atoms with Gasteiger partial charge < -0.3 is 11.1 Å². The second-order valence-electron chi connectivity index (χ2n) is 4.84. The Morgan fingerprint density at radius 3 is 2.68 bits per heavy atom. The van der Waals surface area contributed by atoms with Gasteiger partial charge in [0.1, 0.15) is 0 Å². The van der Waals surface area contributed by atoms with E-state index in [1.165, 1.54) is 13.5 Å². The van der Waals surface area contributed by atoms with Crippen molar-refractivity contribution in [2.75, 3.05) is 26.7 Å². The maximum atomic E-state index is 11.5. The monoisotopic (exact) mass is 292 g/mol. The van der Waals surface area contributed by atoms with Gasteiger partial charge in [-0.05, 0) is 25.3 Å². The number of rotatable bonds is 4. The van der Waals surface area contributed by atoms with E-state index in [1.54, 1.807) is 0 Å². The van der Waals surface area contributed by atoms with Gasteiger partial charge in [-0.1, -0.05) is 6.92 Å². The summed E-state index contributed by atoms with van der Waals surface area (Å²) in [7, 11) is 1.49. The highest BCUT2D eigenvalue weighted by Crippen LogP contribution is 2.22. The van der Waals surface area contributed by atoms with Crippen molar-refractivity contribution in [3.8, 4) is 0 Å². The standard InChI is InChI=1S/C12H24N4O2.ClH/c1-9-4-3-6-16(10(9)8-13)7-5-11(17)15-12(18)14-2;/h9-10H,3-8,13H2,1-2H3,(H2,14,15,17,18);1H. The summed E-state index contributed by atoms with van der Waals surface area (Å²) in [6, 6.07) is -0.103. The van der Waals surface area contributed by atoms with Crippen LogP contribution >= 0.6 is 12.4 Å². The fraction of sp³-hybridized carbons (Fsp3) is 0.833. The van der Waals surface area contributed by atoms with Gasteiger partial charge in [0.25, 0.3) is 0 Å². The Hall–Kier alpha value is -0.850. The Morgan fingerprint density at radius 2 is 2.11 bits per heavy atom. The highest BCUT2D eigenvalue weighted by Gasteiger charge is 2.27. The summed E-state index contributed by atoms with van der Waals surface area (Å²) in [6.45, 7) is 4.47. The highest BCUT2D eigenvalue weighted by atomic mass is 35.5. The number of urea groups is 1. The predicted molar refractivity (Wildman–Crippen MR) is 77.3 cm³/mol. The van der Waals surface area contributed by atoms with Crippen molar-refractivity contribution in [3.05, 3.63) is 0 Å². The van der Waals surface area contributed by atoms with E-state index in [0.29, 0.717) is 31.5 Å². The molecular weight excluding hydrogens is 268 g/mol. The van der Waals surface area contributed by atoms with Crippen LogP contribution in [0.2, 0.25) is 0 Å². The van der Waals surface area contributed by atoms with Crippen LogP contribution in [0.15, 0.2) is 0 Å². The Balaban J connectivity index is 0.00000324. The number of nitrogens with two attached hydrogens (primary N) is 1. The third kappa shape index (κ3) is 5.76. The summed E-state index contributed by atoms with van der Waals surface area (Å²) in [5, 5.41) is 4.62. The third-order valence-corrected chi connectivity index (χ3v) is 3.58. The zero-order chi connectivity index (χ0) is 13.5. The Bertz CT molecular complexity index is 301. The first kappa shape index (κ1) is 18.1. The number of halogens is 1. The Morgan fingerprint density at radius 1 is 1.42 bits per heavy atom. The molecular formula is C12H25ClN4O2. The molecule has 1 saturated heterocycles. The van der Waals surface area contributed by atoms with Crippen LogP contribution in [0.1, 0.15) is 26.2 Å². The van der Waals surface area contributed by atoms with Crippen LogP contribution in [-0.4, -0.2) is 49.6 Å². The molecule has 0 aromatic carbocycles. The van der Waals surface area contributed by atoms with Crippen molar-refractivity contribution in [2.45, 2.75) is 32.2 Å². The SMILES string of the molecule is CNC(=O)NC(=O)CCN1CCCC(C)C1CN.Cl. The number of imide groups is 1. The number of nitrogens with one attached hydrogen (secondary N) is 2. The minimum absolute atomic E-state index is 0. The van der Waals surface area contributed by atoms with E-state index in [-0.39, 0.29) is 18.3 Å². The summed E-state index contributed by atoms with van der Waals surface area (Å²) >= 11 is 0. The molecule has 1 aliphatic heterocycles. The van der Waals surface area contributed by atoms with Crippen molar-refractivity contribution in [1.29, 1.82) is 0 Å². The second-order valence-corrected chi connectivity index (χ2v) is 4.84. The zero-order valence-electron chi connectivity index (χ0n) is 11.6. The van der Waals surface area contributed by atoms with E-state index in [2.05, 4.69) is 22.5 Å². The van der Waals surface area contributed by atoms with Gasteiger partial charge in [-0.15, -0.1) is 12.4 Å². The molecule has 0 aromatic rings. The van der Waals surface area contributed by atoms with Crippen LogP contribution in [0.5, 0.6) is 0 Å². The molecule has 0 radical (unpaired) electrons. The van der Waals surface area contributed by atoms with Crippen LogP contribution in [0.25, 0.3) is 0 Å². The number of carbonyl (C=O) groups is 2. The van der Waals surface area contributed by atoms with Gasteiger partial charge in [-0.3, -0.25) is 15.0 Å². The third-order valence-electron chi connectivity index (χ3n) is 3.58. The average molecular weight is 293 g/mol. The first-order valence-electron chi connectivity index (χ1n) is 6.54. The quantitative estimate of drug-likeness (QED) is 0.696. The molecule has 1 fully saturated rings. The largest absolute Gasteiger partial charge is 0.341 e. The first-order chi connectivity index (χ1) is 8.58. The molecule has 3 amide bonds. The summed E-state index contributed by atoms with van der Waals surface area (Å²) in [4.78, 5) is 24.7. The molecule has 0 bridgehead atoms. The van der Waals surface area contributed by atoms with Crippen molar-refractivity contribution < 1.29 is 9.59 Å². The topological polar surface area (TPSA) is 87.5 Å². The lowest BCUT2D eigenvalue weighted by Gasteiger charge is -2.39. The number of hydrogen-bond donors (Lipinski definition) is 3. The number of likely N-dealkylation sites (tertiary alicyclic amines) is 1. The molecule has 19 heavy (non-hydrogen) atoms. The van der Waals surface area contributed by atoms with Crippen LogP contribution in [0.4, 0.5) is 4.79 Å². The number of hydrogen-bond acceptors (Lipinski definition) is 4. The Kier molecular flexibility index (Phi) is 8.71. The van der Waals surface area contributed by atoms with Gasteiger partial charge in [-0.2, -0.15) is 0 Å². The first-order valence-corrected chi connectivity index (χ1v) is 6.54. The molecule has 112 valence electrons. The lowest BCUT2D eigenvalue weighted by atomic mass is 9.90. The minimum atomic E-state index is -0.456. The van der Waals surface area contributed by atoms with Crippen molar-refractivity contribution in [2.24, 2.45) is 11.7 Å². The molecule has 1 heterocycles. The zero-order valence-corrected chi connectivity index (χ0v) is 12.5. The molecule has 0 aliphatic carbocycles. The van der Waals surface area contributed by atoms with Gasteiger partial charge in [-0.25, -0.2) is 4.79 Å².